The van der Waals surface area contributed by atoms with E-state index in [1.54, 1.807) is 0 Å². The lowest BCUT2D eigenvalue weighted by Crippen LogP contribution is -2.48. The van der Waals surface area contributed by atoms with E-state index >= 15 is 0 Å². The summed E-state index contributed by atoms with van der Waals surface area (Å²) in [7, 11) is -7.89. The van der Waals surface area contributed by atoms with Crippen molar-refractivity contribution in [1.82, 2.24) is 0 Å². The Bertz CT molecular complexity index is 466. The molecule has 1 saturated heterocycles. The fraction of sp³-hybridized carbons (Fsp3) is 1.00. The van der Waals surface area contributed by atoms with Crippen molar-refractivity contribution in [2.45, 2.75) is 23.6 Å². The van der Waals surface area contributed by atoms with E-state index in [1.165, 1.54) is 0 Å². The van der Waals surface area contributed by atoms with Gasteiger partial charge in [0.15, 0.2) is 24.8 Å². The highest BCUT2D eigenvalue weighted by atomic mass is 32.3. The normalized spacial score (nSPS) is 31.9. The number of hydrogen-bond acceptors (Lipinski definition) is 8. The number of aliphatic hydroxyl groups is 4. The van der Waals surface area contributed by atoms with Crippen LogP contribution < -0.4 is 0 Å². The quantitative estimate of drug-likeness (QED) is 0.412. The summed E-state index contributed by atoms with van der Waals surface area (Å²) in [5, 5.41) is 33.7. The van der Waals surface area contributed by atoms with Crippen LogP contribution in [0.4, 0.5) is 0 Å². The fourth-order valence-electron chi connectivity index (χ4n) is 1.61. The Kier molecular flexibility index (Phi) is 4.16. The van der Waals surface area contributed by atoms with E-state index in [4.69, 9.17) is 10.2 Å². The van der Waals surface area contributed by atoms with Gasteiger partial charge in [-0.15, -0.1) is 0 Å². The van der Waals surface area contributed by atoms with Crippen LogP contribution in [0, 0.1) is 0 Å². The van der Waals surface area contributed by atoms with Crippen molar-refractivity contribution < 1.29 is 37.3 Å². The zero-order valence-electron chi connectivity index (χ0n) is 8.67. The average molecular weight is 290 g/mol. The molecule has 102 valence electrons. The highest BCUT2D eigenvalue weighted by Gasteiger charge is 2.48. The van der Waals surface area contributed by atoms with Gasteiger partial charge in [-0.3, -0.25) is 0 Å². The van der Waals surface area contributed by atoms with E-state index < -0.39 is 60.7 Å². The molecule has 0 aromatic rings. The summed E-state index contributed by atoms with van der Waals surface area (Å²) in [5.41, 5.74) is 0. The number of sulfone groups is 2. The Morgan fingerprint density at radius 3 is 2.00 bits per heavy atom. The summed E-state index contributed by atoms with van der Waals surface area (Å²) < 4.78 is 45.2. The third-order valence-corrected chi connectivity index (χ3v) is 7.73. The van der Waals surface area contributed by atoms with Crippen LogP contribution in [0.3, 0.4) is 0 Å². The SMILES string of the molecule is O=S1(=O)CC(C(O)C(O)C(O)CO)S(=O)(=O)C1. The third-order valence-electron chi connectivity index (χ3n) is 2.54. The van der Waals surface area contributed by atoms with Crippen LogP contribution in [0.15, 0.2) is 0 Å². The first-order chi connectivity index (χ1) is 7.60. The van der Waals surface area contributed by atoms with E-state index in [2.05, 4.69) is 0 Å². The first-order valence-corrected chi connectivity index (χ1v) is 8.21. The fourth-order valence-corrected chi connectivity index (χ4v) is 7.43. The van der Waals surface area contributed by atoms with E-state index in [-0.39, 0.29) is 0 Å². The molecule has 0 amide bonds. The molecule has 1 fully saturated rings. The summed E-state index contributed by atoms with van der Waals surface area (Å²) in [5.74, 6) is -0.800. The Hall–Kier alpha value is -0.260. The van der Waals surface area contributed by atoms with Gasteiger partial charge in [-0.05, 0) is 0 Å². The van der Waals surface area contributed by atoms with E-state index in [0.717, 1.165) is 0 Å². The maximum absolute atomic E-state index is 11.4. The van der Waals surface area contributed by atoms with E-state index in [1.807, 2.05) is 0 Å². The van der Waals surface area contributed by atoms with E-state index in [0.29, 0.717) is 0 Å². The zero-order chi connectivity index (χ0) is 13.4. The molecular formula is C7H14O8S2. The van der Waals surface area contributed by atoms with Crippen LogP contribution in [0.2, 0.25) is 0 Å². The molecular weight excluding hydrogens is 276 g/mol. The van der Waals surface area contributed by atoms with Crippen LogP contribution in [0.1, 0.15) is 0 Å². The highest BCUT2D eigenvalue weighted by Crippen LogP contribution is 2.23. The van der Waals surface area contributed by atoms with Gasteiger partial charge in [0.25, 0.3) is 0 Å². The molecule has 8 nitrogen and oxygen atoms in total. The summed E-state index contributed by atoms with van der Waals surface area (Å²) >= 11 is 0. The predicted octanol–water partition coefficient (Wildman–Crippen LogP) is -3.77. The molecule has 0 aliphatic carbocycles. The minimum Gasteiger partial charge on any atom is -0.394 e. The van der Waals surface area contributed by atoms with Crippen LogP contribution >= 0.6 is 0 Å². The summed E-state index contributed by atoms with van der Waals surface area (Å²) in [4.78, 5) is 0. The van der Waals surface area contributed by atoms with Crippen molar-refractivity contribution in [2.24, 2.45) is 0 Å². The minimum atomic E-state index is -4.07. The molecule has 0 spiro atoms. The standard InChI is InChI=1S/C7H14O8S2/c8-1-4(9)6(10)7(11)5-2-16(12,13)3-17(5,14)15/h4-11H,1-3H2. The van der Waals surface area contributed by atoms with Gasteiger partial charge in [0.05, 0.1) is 12.4 Å². The lowest BCUT2D eigenvalue weighted by atomic mass is 10.1. The van der Waals surface area contributed by atoms with Gasteiger partial charge in [-0.1, -0.05) is 0 Å². The second-order valence-electron chi connectivity index (χ2n) is 3.96. The maximum atomic E-state index is 11.4. The molecule has 1 aliphatic rings. The second kappa shape index (κ2) is 4.78. The minimum absolute atomic E-state index is 0.800. The third kappa shape index (κ3) is 3.14. The molecule has 4 atom stereocenters. The van der Waals surface area contributed by atoms with Gasteiger partial charge >= 0.3 is 0 Å². The van der Waals surface area contributed by atoms with Crippen molar-refractivity contribution in [3.05, 3.63) is 0 Å². The molecule has 1 aliphatic heterocycles. The van der Waals surface area contributed by atoms with Crippen LogP contribution in [-0.2, 0) is 19.7 Å². The lowest BCUT2D eigenvalue weighted by Gasteiger charge is -2.24. The Labute approximate surface area is 98.4 Å². The topological polar surface area (TPSA) is 149 Å². The van der Waals surface area contributed by atoms with Crippen molar-refractivity contribution in [3.8, 4) is 0 Å². The van der Waals surface area contributed by atoms with Crippen molar-refractivity contribution in [2.75, 3.05) is 17.4 Å². The molecule has 17 heavy (non-hydrogen) atoms. The van der Waals surface area contributed by atoms with Crippen molar-refractivity contribution in [3.63, 3.8) is 0 Å². The van der Waals surface area contributed by atoms with Crippen molar-refractivity contribution >= 4 is 19.7 Å². The number of hydrogen-bond donors (Lipinski definition) is 4. The first kappa shape index (κ1) is 14.8. The summed E-state index contributed by atoms with van der Waals surface area (Å²) in [6, 6.07) is 0. The largest absolute Gasteiger partial charge is 0.394 e. The highest BCUT2D eigenvalue weighted by molar-refractivity contribution is 8.11. The van der Waals surface area contributed by atoms with Gasteiger partial charge in [0.1, 0.15) is 23.6 Å². The molecule has 0 aromatic heterocycles. The molecule has 1 heterocycles. The average Bonchev–Trinajstić information content (AvgIpc) is 2.43. The number of rotatable bonds is 4. The molecule has 0 saturated carbocycles. The molecule has 0 radical (unpaired) electrons. The molecule has 4 N–H and O–H groups in total. The molecule has 10 heteroatoms. The lowest BCUT2D eigenvalue weighted by molar-refractivity contribution is -0.0751. The van der Waals surface area contributed by atoms with E-state index in [9.17, 15) is 27.0 Å². The Morgan fingerprint density at radius 2 is 1.65 bits per heavy atom. The zero-order valence-corrected chi connectivity index (χ0v) is 10.3. The molecule has 4 unspecified atom stereocenters. The molecule has 0 bridgehead atoms. The van der Waals surface area contributed by atoms with Crippen LogP contribution in [0.5, 0.6) is 0 Å². The molecule has 0 aromatic carbocycles. The Balaban J connectivity index is 2.94. The van der Waals surface area contributed by atoms with Gasteiger partial charge < -0.3 is 20.4 Å². The monoisotopic (exact) mass is 290 g/mol. The van der Waals surface area contributed by atoms with Gasteiger partial charge in [0, 0.05) is 0 Å². The first-order valence-electron chi connectivity index (χ1n) is 4.68. The van der Waals surface area contributed by atoms with Crippen LogP contribution in [0.25, 0.3) is 0 Å². The number of aliphatic hydroxyl groups excluding tert-OH is 4. The second-order valence-corrected chi connectivity index (χ2v) is 8.66. The van der Waals surface area contributed by atoms with Crippen molar-refractivity contribution in [1.29, 1.82) is 0 Å². The van der Waals surface area contributed by atoms with Gasteiger partial charge in [-0.2, -0.15) is 0 Å². The predicted molar refractivity (Wildman–Crippen MR) is 56.5 cm³/mol. The summed E-state index contributed by atoms with van der Waals surface area (Å²) in [6.45, 7) is -0.877. The van der Waals surface area contributed by atoms with Gasteiger partial charge in [0.2, 0.25) is 0 Å². The Morgan fingerprint density at radius 1 is 1.12 bits per heavy atom. The maximum Gasteiger partial charge on any atom is 0.171 e. The molecule has 1 rings (SSSR count). The smallest absolute Gasteiger partial charge is 0.171 e. The van der Waals surface area contributed by atoms with Crippen LogP contribution in [-0.4, -0.2) is 78.3 Å². The van der Waals surface area contributed by atoms with Gasteiger partial charge in [-0.25, -0.2) is 16.8 Å². The summed E-state index contributed by atoms with van der Waals surface area (Å²) in [6.07, 6.45) is -5.61.